The van der Waals surface area contributed by atoms with Gasteiger partial charge in [0.05, 0.1) is 0 Å². The molecule has 3 N–H and O–H groups in total. The molecule has 1 unspecified atom stereocenters. The Morgan fingerprint density at radius 2 is 1.80 bits per heavy atom. The lowest BCUT2D eigenvalue weighted by Gasteiger charge is -2.09. The Kier molecular flexibility index (Phi) is 3.40. The molecular weight excluding hydrogens is 222 g/mol. The molecule has 1 radical (unpaired) electrons. The second kappa shape index (κ2) is 4.39. The van der Waals surface area contributed by atoms with E-state index >= 15 is 0 Å². The Bertz CT molecular complexity index is 439. The van der Waals surface area contributed by atoms with Gasteiger partial charge in [-0.1, -0.05) is 12.1 Å². The molecule has 7 heteroatoms. The van der Waals surface area contributed by atoms with Crippen LogP contribution in [0.25, 0.3) is 0 Å². The quantitative estimate of drug-likeness (QED) is 0.628. The fourth-order valence-electron chi connectivity index (χ4n) is 0.976. The van der Waals surface area contributed by atoms with Crippen molar-refractivity contribution >= 4 is 16.6 Å². The molecule has 0 amide bonds. The zero-order valence-electron chi connectivity index (χ0n) is 7.41. The Balaban J connectivity index is 2.93. The molecular formula is C8H8NO5S. The van der Waals surface area contributed by atoms with E-state index in [1.54, 1.807) is 4.72 Å². The summed E-state index contributed by atoms with van der Waals surface area (Å²) in [6.45, 7) is 0. The van der Waals surface area contributed by atoms with Crippen LogP contribution in [0.5, 0.6) is 5.75 Å². The normalized spacial score (nSPS) is 13.4. The second-order valence-electron chi connectivity index (χ2n) is 2.74. The van der Waals surface area contributed by atoms with Gasteiger partial charge in [0.25, 0.3) is 0 Å². The average molecular weight is 230 g/mol. The molecule has 81 valence electrons. The molecule has 0 spiro atoms. The number of hydrogen-bond acceptors (Lipinski definition) is 4. The van der Waals surface area contributed by atoms with Gasteiger partial charge in [-0.3, -0.25) is 9.35 Å². The molecule has 0 fully saturated rings. The predicted octanol–water partition coefficient (Wildman–Crippen LogP) is -0.0646. The number of hydrogen-bond donors (Lipinski definition) is 3. The summed E-state index contributed by atoms with van der Waals surface area (Å²) in [5.41, 5.74) is 0.264. The minimum absolute atomic E-state index is 0.0183. The summed E-state index contributed by atoms with van der Waals surface area (Å²) < 4.78 is 31.0. The van der Waals surface area contributed by atoms with E-state index in [0.717, 1.165) is 0 Å². The molecule has 1 aromatic carbocycles. The summed E-state index contributed by atoms with van der Waals surface area (Å²) in [4.78, 5) is 10.4. The zero-order chi connectivity index (χ0) is 11.5. The first-order valence-corrected chi connectivity index (χ1v) is 5.28. The van der Waals surface area contributed by atoms with Crippen molar-refractivity contribution in [1.82, 2.24) is 4.72 Å². The number of benzene rings is 1. The highest BCUT2D eigenvalue weighted by molar-refractivity contribution is 7.83. The SMILES string of the molecule is O=[C]C(NS(=O)(=O)O)c1ccc(O)cc1. The van der Waals surface area contributed by atoms with Crippen LogP contribution in [-0.4, -0.2) is 24.4 Å². The number of carbonyl (C=O) groups excluding carboxylic acids is 1. The van der Waals surface area contributed by atoms with Gasteiger partial charge in [-0.25, -0.2) is 0 Å². The van der Waals surface area contributed by atoms with Crippen LogP contribution in [0.4, 0.5) is 0 Å². The summed E-state index contributed by atoms with van der Waals surface area (Å²) >= 11 is 0. The van der Waals surface area contributed by atoms with E-state index in [4.69, 9.17) is 9.66 Å². The predicted molar refractivity (Wildman–Crippen MR) is 51.2 cm³/mol. The van der Waals surface area contributed by atoms with Gasteiger partial charge in [0.1, 0.15) is 11.8 Å². The van der Waals surface area contributed by atoms with Crippen molar-refractivity contribution in [2.75, 3.05) is 0 Å². The third-order valence-electron chi connectivity index (χ3n) is 1.61. The molecule has 0 bridgehead atoms. The Hall–Kier alpha value is -1.44. The van der Waals surface area contributed by atoms with Crippen molar-refractivity contribution < 1.29 is 22.9 Å². The first kappa shape index (κ1) is 11.6. The van der Waals surface area contributed by atoms with Gasteiger partial charge < -0.3 is 5.11 Å². The largest absolute Gasteiger partial charge is 0.508 e. The molecule has 0 aromatic heterocycles. The summed E-state index contributed by atoms with van der Waals surface area (Å²) in [5, 5.41) is 8.96. The van der Waals surface area contributed by atoms with Gasteiger partial charge in [0, 0.05) is 0 Å². The molecule has 6 nitrogen and oxygen atoms in total. The molecule has 1 aromatic rings. The minimum atomic E-state index is -4.47. The first-order valence-electron chi connectivity index (χ1n) is 3.84. The molecule has 0 aliphatic heterocycles. The molecule has 0 aliphatic carbocycles. The van der Waals surface area contributed by atoms with E-state index in [-0.39, 0.29) is 11.3 Å². The second-order valence-corrected chi connectivity index (χ2v) is 3.92. The monoisotopic (exact) mass is 230 g/mol. The van der Waals surface area contributed by atoms with E-state index < -0.39 is 16.3 Å². The number of rotatable bonds is 4. The maximum atomic E-state index is 10.5. The van der Waals surface area contributed by atoms with Gasteiger partial charge in [-0.15, -0.1) is 0 Å². The van der Waals surface area contributed by atoms with Crippen LogP contribution in [0.3, 0.4) is 0 Å². The van der Waals surface area contributed by atoms with Crippen molar-refractivity contribution in [2.24, 2.45) is 0 Å². The van der Waals surface area contributed by atoms with E-state index in [9.17, 15) is 13.2 Å². The van der Waals surface area contributed by atoms with Crippen LogP contribution in [-0.2, 0) is 15.1 Å². The highest BCUT2D eigenvalue weighted by atomic mass is 32.2. The maximum absolute atomic E-state index is 10.5. The van der Waals surface area contributed by atoms with Crippen LogP contribution < -0.4 is 4.72 Å². The molecule has 15 heavy (non-hydrogen) atoms. The highest BCUT2D eigenvalue weighted by Gasteiger charge is 2.17. The van der Waals surface area contributed by atoms with Crippen molar-refractivity contribution in [3.63, 3.8) is 0 Å². The fraction of sp³-hybridized carbons (Fsp3) is 0.125. The van der Waals surface area contributed by atoms with Crippen LogP contribution in [0.1, 0.15) is 11.6 Å². The number of phenolic OH excluding ortho intramolecular Hbond substituents is 1. The lowest BCUT2D eigenvalue weighted by atomic mass is 10.1. The average Bonchev–Trinajstić information content (AvgIpc) is 2.14. The lowest BCUT2D eigenvalue weighted by Crippen LogP contribution is -2.28. The maximum Gasteiger partial charge on any atom is 0.334 e. The number of phenols is 1. The lowest BCUT2D eigenvalue weighted by molar-refractivity contribution is 0.459. The smallest absolute Gasteiger partial charge is 0.334 e. The van der Waals surface area contributed by atoms with Gasteiger partial charge in [-0.05, 0) is 17.7 Å². The third kappa shape index (κ3) is 3.66. The van der Waals surface area contributed by atoms with Crippen LogP contribution in [0, 0.1) is 0 Å². The summed E-state index contributed by atoms with van der Waals surface area (Å²) in [7, 11) is -4.47. The minimum Gasteiger partial charge on any atom is -0.508 e. The van der Waals surface area contributed by atoms with Gasteiger partial charge >= 0.3 is 10.3 Å². The highest BCUT2D eigenvalue weighted by Crippen LogP contribution is 2.15. The molecule has 0 aliphatic rings. The fourth-order valence-corrected chi connectivity index (χ4v) is 1.46. The van der Waals surface area contributed by atoms with Crippen LogP contribution >= 0.6 is 0 Å². The topological polar surface area (TPSA) is 104 Å². The van der Waals surface area contributed by atoms with E-state index in [2.05, 4.69) is 0 Å². The number of nitrogens with one attached hydrogen (secondary N) is 1. The van der Waals surface area contributed by atoms with Crippen molar-refractivity contribution in [2.45, 2.75) is 6.04 Å². The Morgan fingerprint density at radius 1 is 1.27 bits per heavy atom. The van der Waals surface area contributed by atoms with Gasteiger partial charge in [-0.2, -0.15) is 13.1 Å². The van der Waals surface area contributed by atoms with Gasteiger partial charge in [0.2, 0.25) is 6.29 Å². The third-order valence-corrected chi connectivity index (χ3v) is 2.14. The van der Waals surface area contributed by atoms with Crippen LogP contribution in [0.2, 0.25) is 0 Å². The van der Waals surface area contributed by atoms with Crippen LogP contribution in [0.15, 0.2) is 24.3 Å². The van der Waals surface area contributed by atoms with E-state index in [1.807, 2.05) is 0 Å². The van der Waals surface area contributed by atoms with Gasteiger partial charge in [0.15, 0.2) is 0 Å². The Labute approximate surface area is 86.4 Å². The Morgan fingerprint density at radius 3 is 2.20 bits per heavy atom. The zero-order valence-corrected chi connectivity index (χ0v) is 8.23. The van der Waals surface area contributed by atoms with Crippen molar-refractivity contribution in [3.05, 3.63) is 29.8 Å². The molecule has 1 rings (SSSR count). The first-order chi connectivity index (χ1) is 6.92. The number of aromatic hydroxyl groups is 1. The summed E-state index contributed by atoms with van der Waals surface area (Å²) in [5.74, 6) is -0.0183. The molecule has 0 saturated carbocycles. The standard InChI is InChI=1S/C8H8NO5S/c10-5-8(9-15(12,13)14)6-1-3-7(11)4-2-6/h1-4,8-9,11H,(H,12,13,14). The molecule has 0 saturated heterocycles. The van der Waals surface area contributed by atoms with E-state index in [0.29, 0.717) is 0 Å². The van der Waals surface area contributed by atoms with Crippen molar-refractivity contribution in [1.29, 1.82) is 0 Å². The van der Waals surface area contributed by atoms with Crippen molar-refractivity contribution in [3.8, 4) is 5.75 Å². The molecule has 0 heterocycles. The summed E-state index contributed by atoms with van der Waals surface area (Å²) in [6, 6.07) is 3.95. The van der Waals surface area contributed by atoms with E-state index in [1.165, 1.54) is 30.6 Å². The molecule has 1 atom stereocenters. The summed E-state index contributed by atoms with van der Waals surface area (Å²) in [6.07, 6.45) is 1.41.